The molecule has 0 radical (unpaired) electrons. The molecule has 3 aromatic rings. The van der Waals surface area contributed by atoms with Crippen LogP contribution in [0, 0.1) is 0 Å². The molecule has 1 saturated heterocycles. The minimum atomic E-state index is -3.49. The van der Waals surface area contributed by atoms with E-state index in [1.807, 2.05) is 4.52 Å². The summed E-state index contributed by atoms with van der Waals surface area (Å²) in [6.45, 7) is 0.920. The molecule has 9 nitrogen and oxygen atoms in total. The Bertz CT molecular complexity index is 1110. The standard InChI is InChI=1S/C17H21N7O2S/c1-22-11-14(10-18-22)27(25,26)23-7-5-12(6-8-23)17-20-19-16-9-13-3-2-4-15(13)21-24(16)17/h9-12H,2-8H2,1H3. The average molecular weight is 387 g/mol. The number of aromatic nitrogens is 6. The highest BCUT2D eigenvalue weighted by molar-refractivity contribution is 7.89. The molecule has 0 bridgehead atoms. The van der Waals surface area contributed by atoms with Gasteiger partial charge in [-0.3, -0.25) is 4.68 Å². The van der Waals surface area contributed by atoms with Crippen molar-refractivity contribution in [2.45, 2.75) is 42.9 Å². The van der Waals surface area contributed by atoms with Gasteiger partial charge in [0.15, 0.2) is 11.5 Å². The van der Waals surface area contributed by atoms with E-state index in [2.05, 4.69) is 21.4 Å². The van der Waals surface area contributed by atoms with E-state index in [0.717, 1.165) is 36.4 Å². The molecule has 0 atom stereocenters. The van der Waals surface area contributed by atoms with Gasteiger partial charge in [0.1, 0.15) is 4.90 Å². The molecular formula is C17H21N7O2S. The van der Waals surface area contributed by atoms with Crippen LogP contribution in [0.3, 0.4) is 0 Å². The van der Waals surface area contributed by atoms with Crippen LogP contribution in [0.15, 0.2) is 23.4 Å². The average Bonchev–Trinajstić information content (AvgIpc) is 3.39. The fourth-order valence-electron chi connectivity index (χ4n) is 4.08. The van der Waals surface area contributed by atoms with Gasteiger partial charge in [-0.05, 0) is 43.7 Å². The van der Waals surface area contributed by atoms with Crippen molar-refractivity contribution >= 4 is 15.7 Å². The minimum Gasteiger partial charge on any atom is -0.274 e. The minimum absolute atomic E-state index is 0.160. The second-order valence-electron chi connectivity index (χ2n) is 7.33. The lowest BCUT2D eigenvalue weighted by molar-refractivity contribution is 0.311. The normalized spacial score (nSPS) is 19.0. The van der Waals surface area contributed by atoms with Crippen LogP contribution >= 0.6 is 0 Å². The number of sulfonamides is 1. The predicted octanol–water partition coefficient (Wildman–Crippen LogP) is 0.915. The van der Waals surface area contributed by atoms with Gasteiger partial charge in [-0.1, -0.05) is 0 Å². The summed E-state index contributed by atoms with van der Waals surface area (Å²) in [5.74, 6) is 1.01. The first-order valence-electron chi connectivity index (χ1n) is 9.25. The Balaban J connectivity index is 1.37. The molecule has 1 fully saturated rings. The number of nitrogens with zero attached hydrogens (tertiary/aromatic N) is 7. The molecule has 4 heterocycles. The summed E-state index contributed by atoms with van der Waals surface area (Å²) < 4.78 is 30.4. The van der Waals surface area contributed by atoms with Gasteiger partial charge in [0.05, 0.1) is 11.9 Å². The monoisotopic (exact) mass is 387 g/mol. The molecule has 1 aliphatic carbocycles. The molecule has 0 spiro atoms. The smallest absolute Gasteiger partial charge is 0.246 e. The summed E-state index contributed by atoms with van der Waals surface area (Å²) in [5, 5.41) is 17.4. The topological polar surface area (TPSA) is 98.3 Å². The zero-order valence-electron chi connectivity index (χ0n) is 15.1. The number of fused-ring (bicyclic) bond motifs is 2. The molecule has 27 heavy (non-hydrogen) atoms. The molecule has 0 amide bonds. The summed E-state index contributed by atoms with van der Waals surface area (Å²) >= 11 is 0. The zero-order chi connectivity index (χ0) is 18.6. The molecule has 5 rings (SSSR count). The summed E-state index contributed by atoms with van der Waals surface area (Å²) in [4.78, 5) is 0.244. The van der Waals surface area contributed by atoms with Crippen LogP contribution in [0.5, 0.6) is 0 Å². The van der Waals surface area contributed by atoms with Crippen LogP contribution in [0.25, 0.3) is 5.65 Å². The van der Waals surface area contributed by atoms with Crippen molar-refractivity contribution in [1.29, 1.82) is 0 Å². The van der Waals surface area contributed by atoms with Gasteiger partial charge < -0.3 is 0 Å². The van der Waals surface area contributed by atoms with Crippen molar-refractivity contribution in [2.75, 3.05) is 13.1 Å². The predicted molar refractivity (Wildman–Crippen MR) is 96.7 cm³/mol. The molecule has 3 aromatic heterocycles. The van der Waals surface area contributed by atoms with Gasteiger partial charge in [0.2, 0.25) is 10.0 Å². The fraction of sp³-hybridized carbons (Fsp3) is 0.529. The van der Waals surface area contributed by atoms with E-state index in [0.29, 0.717) is 25.9 Å². The van der Waals surface area contributed by atoms with Gasteiger partial charge in [0.25, 0.3) is 0 Å². The summed E-state index contributed by atoms with van der Waals surface area (Å²) in [5.41, 5.74) is 3.20. The van der Waals surface area contributed by atoms with Crippen LogP contribution in [0.1, 0.15) is 42.3 Å². The number of hydrogen-bond acceptors (Lipinski definition) is 6. The fourth-order valence-corrected chi connectivity index (χ4v) is 5.54. The second kappa shape index (κ2) is 6.10. The van der Waals surface area contributed by atoms with E-state index < -0.39 is 10.0 Å². The lowest BCUT2D eigenvalue weighted by Gasteiger charge is -2.29. The van der Waals surface area contributed by atoms with E-state index in [4.69, 9.17) is 5.10 Å². The van der Waals surface area contributed by atoms with Crippen LogP contribution in [-0.4, -0.2) is 55.4 Å². The maximum absolute atomic E-state index is 12.8. The lowest BCUT2D eigenvalue weighted by Crippen LogP contribution is -2.38. The van der Waals surface area contributed by atoms with Crippen molar-refractivity contribution in [3.8, 4) is 0 Å². The molecule has 142 valence electrons. The molecule has 0 aromatic carbocycles. The van der Waals surface area contributed by atoms with Crippen molar-refractivity contribution in [3.05, 3.63) is 35.5 Å². The SMILES string of the molecule is Cn1cc(S(=O)(=O)N2CCC(c3nnc4cc5c(nn34)CCC5)CC2)cn1. The maximum Gasteiger partial charge on any atom is 0.246 e. The quantitative estimate of drug-likeness (QED) is 0.663. The number of rotatable bonds is 3. The van der Waals surface area contributed by atoms with Crippen molar-refractivity contribution < 1.29 is 8.42 Å². The van der Waals surface area contributed by atoms with Crippen LogP contribution in [-0.2, 0) is 29.9 Å². The summed E-state index contributed by atoms with van der Waals surface area (Å²) in [6.07, 6.45) is 7.56. The van der Waals surface area contributed by atoms with Crippen molar-refractivity contribution in [2.24, 2.45) is 7.05 Å². The highest BCUT2D eigenvalue weighted by Crippen LogP contribution is 2.30. The molecular weight excluding hydrogens is 366 g/mol. The largest absolute Gasteiger partial charge is 0.274 e. The summed E-state index contributed by atoms with van der Waals surface area (Å²) in [6, 6.07) is 2.09. The summed E-state index contributed by atoms with van der Waals surface area (Å²) in [7, 11) is -1.78. The Hall–Kier alpha value is -2.33. The maximum atomic E-state index is 12.8. The Morgan fingerprint density at radius 1 is 1.15 bits per heavy atom. The third-order valence-corrected chi connectivity index (χ3v) is 7.43. The molecule has 10 heteroatoms. The molecule has 0 saturated carbocycles. The van der Waals surface area contributed by atoms with E-state index in [9.17, 15) is 8.42 Å². The van der Waals surface area contributed by atoms with Crippen molar-refractivity contribution in [1.82, 2.24) is 33.9 Å². The van der Waals surface area contributed by atoms with Gasteiger partial charge in [-0.15, -0.1) is 10.2 Å². The van der Waals surface area contributed by atoms with Crippen LogP contribution in [0.2, 0.25) is 0 Å². The van der Waals surface area contributed by atoms with E-state index in [1.54, 1.807) is 7.05 Å². The van der Waals surface area contributed by atoms with E-state index >= 15 is 0 Å². The first-order valence-corrected chi connectivity index (χ1v) is 10.7. The van der Waals surface area contributed by atoms with Gasteiger partial charge >= 0.3 is 0 Å². The third-order valence-electron chi connectivity index (χ3n) is 5.58. The molecule has 2 aliphatic rings. The zero-order valence-corrected chi connectivity index (χ0v) is 15.9. The Morgan fingerprint density at radius 2 is 1.96 bits per heavy atom. The van der Waals surface area contributed by atoms with Crippen LogP contribution < -0.4 is 0 Å². The first kappa shape index (κ1) is 16.8. The lowest BCUT2D eigenvalue weighted by atomic mass is 9.97. The van der Waals surface area contributed by atoms with Gasteiger partial charge in [-0.25, -0.2) is 8.42 Å². The number of piperidine rings is 1. The van der Waals surface area contributed by atoms with Gasteiger partial charge in [0, 0.05) is 32.3 Å². The van der Waals surface area contributed by atoms with Gasteiger partial charge in [-0.2, -0.15) is 19.0 Å². The second-order valence-corrected chi connectivity index (χ2v) is 9.26. The van der Waals surface area contributed by atoms with E-state index in [-0.39, 0.29) is 10.8 Å². The Labute approximate surface area is 157 Å². The third kappa shape index (κ3) is 2.74. The number of hydrogen-bond donors (Lipinski definition) is 0. The van der Waals surface area contributed by atoms with Crippen LogP contribution in [0.4, 0.5) is 0 Å². The molecule has 1 aliphatic heterocycles. The molecule has 0 N–H and O–H groups in total. The number of aryl methyl sites for hydroxylation is 3. The Morgan fingerprint density at radius 3 is 2.70 bits per heavy atom. The first-order chi connectivity index (χ1) is 13.0. The Kier molecular flexibility index (Phi) is 3.80. The van der Waals surface area contributed by atoms with Crippen molar-refractivity contribution in [3.63, 3.8) is 0 Å². The highest BCUT2D eigenvalue weighted by Gasteiger charge is 2.33. The van der Waals surface area contributed by atoms with E-state index in [1.165, 1.54) is 26.9 Å². The molecule has 0 unspecified atom stereocenters. The highest BCUT2D eigenvalue weighted by atomic mass is 32.2.